The maximum Gasteiger partial charge on any atom is -0.00990 e. The summed E-state index contributed by atoms with van der Waals surface area (Å²) >= 11 is 0. The highest BCUT2D eigenvalue weighted by Gasteiger charge is 2.07. The van der Waals surface area contributed by atoms with Crippen molar-refractivity contribution in [3.63, 3.8) is 0 Å². The van der Waals surface area contributed by atoms with Crippen LogP contribution in [0, 0.1) is 0 Å². The van der Waals surface area contributed by atoms with E-state index in [0.29, 0.717) is 0 Å². The van der Waals surface area contributed by atoms with E-state index in [1.165, 1.54) is 146 Å². The van der Waals surface area contributed by atoms with Crippen LogP contribution < -0.4 is 0 Å². The molecule has 36 heavy (non-hydrogen) atoms. The summed E-state index contributed by atoms with van der Waals surface area (Å²) in [6.45, 7) is 4.58. The van der Waals surface area contributed by atoms with Crippen molar-refractivity contribution in [1.29, 1.82) is 0 Å². The van der Waals surface area contributed by atoms with Gasteiger partial charge in [0, 0.05) is 0 Å². The Morgan fingerprint density at radius 1 is 0.361 bits per heavy atom. The first kappa shape index (κ1) is 26.7. The van der Waals surface area contributed by atoms with E-state index in [0.717, 1.165) is 0 Å². The Bertz CT molecular complexity index is 1120. The summed E-state index contributed by atoms with van der Waals surface area (Å²) in [5.74, 6) is 0. The fraction of sp³-hybridized carbons (Fsp3) is 0.500. The fourth-order valence-electron chi connectivity index (χ4n) is 5.87. The normalized spacial score (nSPS) is 11.7. The second-order valence-electron chi connectivity index (χ2n) is 11.1. The summed E-state index contributed by atoms with van der Waals surface area (Å²) in [5, 5.41) is 8.34. The molecule has 0 amide bonds. The molecule has 0 bridgehead atoms. The Kier molecular flexibility index (Phi) is 10.7. The van der Waals surface area contributed by atoms with E-state index >= 15 is 0 Å². The van der Waals surface area contributed by atoms with Gasteiger partial charge >= 0.3 is 0 Å². The van der Waals surface area contributed by atoms with Crippen LogP contribution in [0.15, 0.2) is 60.7 Å². The van der Waals surface area contributed by atoms with Crippen LogP contribution in [0.5, 0.6) is 0 Å². The zero-order valence-corrected chi connectivity index (χ0v) is 23.1. The van der Waals surface area contributed by atoms with Crippen molar-refractivity contribution in [2.45, 2.75) is 117 Å². The van der Waals surface area contributed by atoms with Gasteiger partial charge in [-0.25, -0.2) is 0 Å². The third-order valence-corrected chi connectivity index (χ3v) is 8.10. The van der Waals surface area contributed by atoms with Crippen LogP contribution in [-0.4, -0.2) is 0 Å². The van der Waals surface area contributed by atoms with Gasteiger partial charge in [0.2, 0.25) is 0 Å². The van der Waals surface area contributed by atoms with Gasteiger partial charge in [-0.2, -0.15) is 0 Å². The SMILES string of the molecule is CCCCCCCCCc1ccc2c(ccc3c4ccc(CCCCCCCCC)cc4ccc23)c1. The number of benzene rings is 4. The van der Waals surface area contributed by atoms with Crippen molar-refractivity contribution in [2.75, 3.05) is 0 Å². The van der Waals surface area contributed by atoms with Crippen LogP contribution in [0.25, 0.3) is 32.3 Å². The van der Waals surface area contributed by atoms with Crippen LogP contribution in [0.3, 0.4) is 0 Å². The van der Waals surface area contributed by atoms with Crippen LogP contribution in [0.4, 0.5) is 0 Å². The smallest absolute Gasteiger partial charge is 0.00990 e. The number of unbranched alkanes of at least 4 members (excludes halogenated alkanes) is 12. The first-order valence-corrected chi connectivity index (χ1v) is 15.2. The second-order valence-corrected chi connectivity index (χ2v) is 11.1. The van der Waals surface area contributed by atoms with E-state index in [4.69, 9.17) is 0 Å². The number of aryl methyl sites for hydroxylation is 2. The van der Waals surface area contributed by atoms with E-state index in [-0.39, 0.29) is 0 Å². The minimum Gasteiger partial charge on any atom is -0.0654 e. The van der Waals surface area contributed by atoms with Gasteiger partial charge in [-0.05, 0) is 69.1 Å². The molecule has 0 spiro atoms. The van der Waals surface area contributed by atoms with Crippen LogP contribution >= 0.6 is 0 Å². The zero-order valence-electron chi connectivity index (χ0n) is 23.1. The van der Waals surface area contributed by atoms with E-state index in [1.54, 1.807) is 0 Å². The van der Waals surface area contributed by atoms with Crippen molar-refractivity contribution in [1.82, 2.24) is 0 Å². The minimum absolute atomic E-state index is 1.21. The molecule has 192 valence electrons. The van der Waals surface area contributed by atoms with Gasteiger partial charge in [0.05, 0.1) is 0 Å². The van der Waals surface area contributed by atoms with Gasteiger partial charge in [-0.15, -0.1) is 0 Å². The molecule has 4 aromatic rings. The second kappa shape index (κ2) is 14.4. The largest absolute Gasteiger partial charge is 0.0654 e. The predicted octanol–water partition coefficient (Wildman–Crippen LogP) is 11.7. The molecule has 0 saturated heterocycles. The van der Waals surface area contributed by atoms with Crippen LogP contribution in [-0.2, 0) is 12.8 Å². The highest BCUT2D eigenvalue weighted by atomic mass is 14.1. The highest BCUT2D eigenvalue weighted by Crippen LogP contribution is 2.32. The lowest BCUT2D eigenvalue weighted by Crippen LogP contribution is -1.89. The van der Waals surface area contributed by atoms with Gasteiger partial charge in [0.1, 0.15) is 0 Å². The molecular weight excluding hydrogens is 432 g/mol. The van der Waals surface area contributed by atoms with Crippen LogP contribution in [0.1, 0.15) is 115 Å². The van der Waals surface area contributed by atoms with E-state index in [1.807, 2.05) is 0 Å². The lowest BCUT2D eigenvalue weighted by molar-refractivity contribution is 0.589. The lowest BCUT2D eigenvalue weighted by Gasteiger charge is -2.11. The number of hydrogen-bond acceptors (Lipinski definition) is 0. The molecule has 0 aromatic heterocycles. The molecule has 0 unspecified atom stereocenters. The monoisotopic (exact) mass is 480 g/mol. The number of fused-ring (bicyclic) bond motifs is 5. The molecule has 0 N–H and O–H groups in total. The molecule has 0 nitrogen and oxygen atoms in total. The maximum absolute atomic E-state index is 2.43. The zero-order chi connectivity index (χ0) is 25.0. The van der Waals surface area contributed by atoms with Crippen molar-refractivity contribution >= 4 is 32.3 Å². The first-order chi connectivity index (χ1) is 17.8. The Morgan fingerprint density at radius 2 is 0.722 bits per heavy atom. The summed E-state index contributed by atoms with van der Waals surface area (Å²) < 4.78 is 0. The molecule has 0 atom stereocenters. The molecule has 0 radical (unpaired) electrons. The average Bonchev–Trinajstić information content (AvgIpc) is 2.91. The van der Waals surface area contributed by atoms with Gasteiger partial charge in [0.25, 0.3) is 0 Å². The van der Waals surface area contributed by atoms with Gasteiger partial charge in [0.15, 0.2) is 0 Å². The molecule has 0 heteroatoms. The number of hydrogen-bond donors (Lipinski definition) is 0. The lowest BCUT2D eigenvalue weighted by atomic mass is 9.94. The summed E-state index contributed by atoms with van der Waals surface area (Å²) in [6.07, 6.45) is 21.7. The molecule has 4 aromatic carbocycles. The summed E-state index contributed by atoms with van der Waals surface area (Å²) in [6, 6.07) is 23.7. The predicted molar refractivity (Wildman–Crippen MR) is 162 cm³/mol. The molecular formula is C36H48. The van der Waals surface area contributed by atoms with E-state index in [2.05, 4.69) is 74.5 Å². The van der Waals surface area contributed by atoms with Crippen molar-refractivity contribution in [3.8, 4) is 0 Å². The van der Waals surface area contributed by atoms with Crippen LogP contribution in [0.2, 0.25) is 0 Å². The van der Waals surface area contributed by atoms with Crippen molar-refractivity contribution in [2.24, 2.45) is 0 Å². The maximum atomic E-state index is 2.43. The topological polar surface area (TPSA) is 0 Å². The van der Waals surface area contributed by atoms with E-state index in [9.17, 15) is 0 Å². The molecule has 0 fully saturated rings. The Balaban J connectivity index is 1.38. The molecule has 0 saturated carbocycles. The Morgan fingerprint density at radius 3 is 1.14 bits per heavy atom. The Hall–Kier alpha value is -2.34. The number of rotatable bonds is 16. The van der Waals surface area contributed by atoms with Gasteiger partial charge in [-0.3, -0.25) is 0 Å². The average molecular weight is 481 g/mol. The highest BCUT2D eigenvalue weighted by molar-refractivity contribution is 6.17. The van der Waals surface area contributed by atoms with Crippen molar-refractivity contribution < 1.29 is 0 Å². The summed E-state index contributed by atoms with van der Waals surface area (Å²) in [5.41, 5.74) is 2.98. The standard InChI is InChI=1S/C36H48/c1-3-5-7-9-11-13-15-17-29-19-23-33-31(27-29)21-25-36-34-24-20-30(28-32(34)22-26-35(33)36)18-16-14-12-10-8-6-4-2/h19-28H,3-18H2,1-2H3. The molecule has 0 aliphatic rings. The molecule has 0 aliphatic heterocycles. The molecule has 0 aliphatic carbocycles. The van der Waals surface area contributed by atoms with E-state index < -0.39 is 0 Å². The quantitative estimate of drug-likeness (QED) is 0.110. The third kappa shape index (κ3) is 7.34. The van der Waals surface area contributed by atoms with Crippen molar-refractivity contribution in [3.05, 3.63) is 71.8 Å². The molecule has 4 rings (SSSR count). The van der Waals surface area contributed by atoms with Gasteiger partial charge in [-0.1, -0.05) is 152 Å². The van der Waals surface area contributed by atoms with Gasteiger partial charge < -0.3 is 0 Å². The summed E-state index contributed by atoms with van der Waals surface area (Å²) in [7, 11) is 0. The Labute approximate surface area is 220 Å². The third-order valence-electron chi connectivity index (χ3n) is 8.10. The first-order valence-electron chi connectivity index (χ1n) is 15.2. The summed E-state index contributed by atoms with van der Waals surface area (Å²) in [4.78, 5) is 0. The molecule has 0 heterocycles. The minimum atomic E-state index is 1.21. The fourth-order valence-corrected chi connectivity index (χ4v) is 5.87.